The van der Waals surface area contributed by atoms with E-state index in [1.54, 1.807) is 6.07 Å². The van der Waals surface area contributed by atoms with Gasteiger partial charge in [-0.2, -0.15) is 0 Å². The molecule has 2 aromatic carbocycles. The number of pyridine rings is 1. The lowest BCUT2D eigenvalue weighted by Crippen LogP contribution is -2.19. The lowest BCUT2D eigenvalue weighted by Gasteiger charge is -2.11. The monoisotopic (exact) mass is 310 g/mol. The van der Waals surface area contributed by atoms with E-state index in [1.165, 1.54) is 11.8 Å². The topological polar surface area (TPSA) is 65.5 Å². The maximum atomic E-state index is 12.9. The number of benzene rings is 2. The van der Waals surface area contributed by atoms with Crippen LogP contribution in [0.2, 0.25) is 0 Å². The summed E-state index contributed by atoms with van der Waals surface area (Å²) in [6.45, 7) is 0. The summed E-state index contributed by atoms with van der Waals surface area (Å²) in [6.07, 6.45) is 1.88. The summed E-state index contributed by atoms with van der Waals surface area (Å²) >= 11 is 1.42. The Morgan fingerprint density at radius 3 is 2.45 bits per heavy atom. The summed E-state index contributed by atoms with van der Waals surface area (Å²) in [5.74, 6) is 0. The maximum Gasteiger partial charge on any atom is 0.200 e. The second-order valence-electron chi connectivity index (χ2n) is 4.72. The highest BCUT2D eigenvalue weighted by Gasteiger charge is 2.18. The number of thioether (sulfide) groups is 1. The maximum absolute atomic E-state index is 12.9. The van der Waals surface area contributed by atoms with Crippen molar-refractivity contribution in [1.82, 2.24) is 4.98 Å². The number of nitrogens with one attached hydrogen (secondary N) is 1. The van der Waals surface area contributed by atoms with Crippen LogP contribution >= 0.6 is 11.8 Å². The van der Waals surface area contributed by atoms with Gasteiger partial charge in [0.1, 0.15) is 5.71 Å². The minimum absolute atomic E-state index is 0.143. The SMILES string of the molecule is CSc1[nH]c2ccccc2c(=O)c1/C(=N/O)c1ccccc1. The van der Waals surface area contributed by atoms with E-state index in [-0.39, 0.29) is 11.1 Å². The van der Waals surface area contributed by atoms with E-state index in [4.69, 9.17) is 0 Å². The number of aromatic nitrogens is 1. The van der Waals surface area contributed by atoms with E-state index in [0.29, 0.717) is 21.5 Å². The van der Waals surface area contributed by atoms with Crippen molar-refractivity contribution in [2.45, 2.75) is 5.03 Å². The molecule has 1 heterocycles. The fourth-order valence-electron chi connectivity index (χ4n) is 2.43. The third-order valence-corrected chi connectivity index (χ3v) is 4.18. The van der Waals surface area contributed by atoms with Gasteiger partial charge >= 0.3 is 0 Å². The van der Waals surface area contributed by atoms with Gasteiger partial charge in [0.05, 0.1) is 16.1 Å². The van der Waals surface area contributed by atoms with Gasteiger partial charge in [-0.3, -0.25) is 4.79 Å². The Morgan fingerprint density at radius 1 is 1.09 bits per heavy atom. The third kappa shape index (κ3) is 2.40. The summed E-state index contributed by atoms with van der Waals surface area (Å²) < 4.78 is 0. The highest BCUT2D eigenvalue weighted by molar-refractivity contribution is 7.98. The summed E-state index contributed by atoms with van der Waals surface area (Å²) in [5.41, 5.74) is 1.99. The molecule has 0 atom stereocenters. The van der Waals surface area contributed by atoms with Gasteiger partial charge < -0.3 is 10.2 Å². The second kappa shape index (κ2) is 6.07. The molecule has 2 N–H and O–H groups in total. The van der Waals surface area contributed by atoms with Crippen LogP contribution in [0.3, 0.4) is 0 Å². The molecule has 110 valence electrons. The van der Waals surface area contributed by atoms with E-state index in [1.807, 2.05) is 54.8 Å². The quantitative estimate of drug-likeness (QED) is 0.337. The summed E-state index contributed by atoms with van der Waals surface area (Å²) in [5, 5.41) is 14.1. The number of para-hydroxylation sites is 1. The van der Waals surface area contributed by atoms with Gasteiger partial charge in [0.25, 0.3) is 0 Å². The van der Waals surface area contributed by atoms with Crippen LogP contribution in [0.1, 0.15) is 11.1 Å². The summed E-state index contributed by atoms with van der Waals surface area (Å²) in [7, 11) is 0. The van der Waals surface area contributed by atoms with Crippen LogP contribution < -0.4 is 5.43 Å². The molecule has 0 unspecified atom stereocenters. The Morgan fingerprint density at radius 2 is 1.77 bits per heavy atom. The van der Waals surface area contributed by atoms with E-state index in [9.17, 15) is 10.0 Å². The first-order valence-corrected chi connectivity index (χ1v) is 7.95. The average molecular weight is 310 g/mol. The van der Waals surface area contributed by atoms with E-state index < -0.39 is 0 Å². The van der Waals surface area contributed by atoms with Crippen molar-refractivity contribution >= 4 is 28.4 Å². The van der Waals surface area contributed by atoms with Crippen molar-refractivity contribution in [3.05, 3.63) is 75.9 Å². The Hall–Kier alpha value is -2.53. The van der Waals surface area contributed by atoms with Crippen molar-refractivity contribution < 1.29 is 5.21 Å². The second-order valence-corrected chi connectivity index (χ2v) is 5.54. The number of aromatic amines is 1. The molecular weight excluding hydrogens is 296 g/mol. The number of H-pyrrole nitrogens is 1. The van der Waals surface area contributed by atoms with Gasteiger partial charge in [-0.1, -0.05) is 47.6 Å². The number of fused-ring (bicyclic) bond motifs is 1. The molecule has 1 aromatic heterocycles. The Bertz CT molecular complexity index is 901. The molecular formula is C17H14N2O2S. The van der Waals surface area contributed by atoms with Crippen molar-refractivity contribution in [3.8, 4) is 0 Å². The van der Waals surface area contributed by atoms with Crippen LogP contribution in [0.25, 0.3) is 10.9 Å². The van der Waals surface area contributed by atoms with Crippen molar-refractivity contribution in [1.29, 1.82) is 0 Å². The molecule has 0 saturated heterocycles. The first kappa shape index (κ1) is 14.4. The molecule has 0 aliphatic carbocycles. The zero-order valence-electron chi connectivity index (χ0n) is 11.9. The molecule has 4 nitrogen and oxygen atoms in total. The molecule has 0 spiro atoms. The largest absolute Gasteiger partial charge is 0.410 e. The van der Waals surface area contributed by atoms with Crippen LogP contribution in [0.4, 0.5) is 0 Å². The smallest absolute Gasteiger partial charge is 0.200 e. The molecule has 0 fully saturated rings. The molecule has 5 heteroatoms. The number of rotatable bonds is 3. The summed E-state index contributed by atoms with van der Waals surface area (Å²) in [4.78, 5) is 16.1. The Balaban J connectivity index is 2.34. The van der Waals surface area contributed by atoms with Crippen molar-refractivity contribution in [2.75, 3.05) is 6.26 Å². The average Bonchev–Trinajstić information content (AvgIpc) is 2.58. The molecule has 3 aromatic rings. The van der Waals surface area contributed by atoms with Gasteiger partial charge in [0, 0.05) is 10.9 Å². The Kier molecular flexibility index (Phi) is 3.98. The van der Waals surface area contributed by atoms with E-state index in [2.05, 4.69) is 10.1 Å². The van der Waals surface area contributed by atoms with E-state index >= 15 is 0 Å². The van der Waals surface area contributed by atoms with Crippen LogP contribution in [-0.4, -0.2) is 22.2 Å². The molecule has 0 radical (unpaired) electrons. The highest BCUT2D eigenvalue weighted by atomic mass is 32.2. The predicted molar refractivity (Wildman–Crippen MR) is 90.2 cm³/mol. The predicted octanol–water partition coefficient (Wildman–Crippen LogP) is 3.48. The fraction of sp³-hybridized carbons (Fsp3) is 0.0588. The van der Waals surface area contributed by atoms with Gasteiger partial charge in [0.15, 0.2) is 5.43 Å². The highest BCUT2D eigenvalue weighted by Crippen LogP contribution is 2.22. The molecule has 0 bridgehead atoms. The number of oxime groups is 1. The first-order valence-electron chi connectivity index (χ1n) is 6.73. The van der Waals surface area contributed by atoms with Crippen molar-refractivity contribution in [3.63, 3.8) is 0 Å². The fourth-order valence-corrected chi connectivity index (χ4v) is 3.03. The lowest BCUT2D eigenvalue weighted by molar-refractivity contribution is 0.319. The lowest BCUT2D eigenvalue weighted by atomic mass is 10.0. The minimum atomic E-state index is -0.143. The van der Waals surface area contributed by atoms with Crippen LogP contribution in [0, 0.1) is 0 Å². The van der Waals surface area contributed by atoms with Gasteiger partial charge in [0.2, 0.25) is 0 Å². The zero-order valence-corrected chi connectivity index (χ0v) is 12.7. The van der Waals surface area contributed by atoms with Crippen LogP contribution in [0.15, 0.2) is 69.6 Å². The number of nitrogens with zero attached hydrogens (tertiary/aromatic N) is 1. The molecule has 0 amide bonds. The normalized spacial score (nSPS) is 11.8. The third-order valence-electron chi connectivity index (χ3n) is 3.46. The molecule has 0 saturated carbocycles. The first-order chi connectivity index (χ1) is 10.8. The van der Waals surface area contributed by atoms with Crippen LogP contribution in [0.5, 0.6) is 0 Å². The Labute approximate surface area is 131 Å². The minimum Gasteiger partial charge on any atom is -0.410 e. The van der Waals surface area contributed by atoms with Crippen molar-refractivity contribution in [2.24, 2.45) is 5.16 Å². The molecule has 3 rings (SSSR count). The molecule has 0 aliphatic rings. The van der Waals surface area contributed by atoms with Gasteiger partial charge in [-0.15, -0.1) is 11.8 Å². The molecule has 22 heavy (non-hydrogen) atoms. The van der Waals surface area contributed by atoms with Crippen LogP contribution in [-0.2, 0) is 0 Å². The van der Waals surface area contributed by atoms with E-state index in [0.717, 1.165) is 5.52 Å². The zero-order chi connectivity index (χ0) is 15.5. The molecule has 0 aliphatic heterocycles. The standard InChI is InChI=1S/C17H14N2O2S/c1-22-17-14(15(19-21)11-7-3-2-4-8-11)16(20)12-9-5-6-10-13(12)18-17/h2-10,21H,1H3,(H,18,20)/b19-15+. The number of hydrogen-bond acceptors (Lipinski definition) is 4. The summed E-state index contributed by atoms with van der Waals surface area (Å²) in [6, 6.07) is 16.5. The van der Waals surface area contributed by atoms with Gasteiger partial charge in [-0.05, 0) is 18.4 Å². The van der Waals surface area contributed by atoms with Gasteiger partial charge in [-0.25, -0.2) is 0 Å². The number of hydrogen-bond donors (Lipinski definition) is 2.